The first-order valence-electron chi connectivity index (χ1n) is 4.92. The zero-order chi connectivity index (χ0) is 11.4. The maximum Gasteiger partial charge on any atom is 0.0940 e. The van der Waals surface area contributed by atoms with E-state index < -0.39 is 6.10 Å². The molecule has 2 atom stereocenters. The van der Waals surface area contributed by atoms with Gasteiger partial charge in [0.15, 0.2) is 0 Å². The third kappa shape index (κ3) is 3.45. The Morgan fingerprint density at radius 2 is 2.20 bits per heavy atom. The first-order chi connectivity index (χ1) is 7.06. The molecule has 0 saturated heterocycles. The number of halogens is 2. The van der Waals surface area contributed by atoms with E-state index in [0.29, 0.717) is 5.02 Å². The van der Waals surface area contributed by atoms with E-state index in [1.807, 2.05) is 26.0 Å². The van der Waals surface area contributed by atoms with Crippen LogP contribution in [0, 0.1) is 0 Å². The Morgan fingerprint density at radius 3 is 2.73 bits per heavy atom. The number of likely N-dealkylation sites (N-methyl/N-ethyl adjacent to an activating group) is 1. The minimum Gasteiger partial charge on any atom is -0.387 e. The Morgan fingerprint density at radius 1 is 1.53 bits per heavy atom. The Bertz CT molecular complexity index is 332. The van der Waals surface area contributed by atoms with Gasteiger partial charge in [0.05, 0.1) is 11.1 Å². The zero-order valence-electron chi connectivity index (χ0n) is 8.80. The molecule has 0 bridgehead atoms. The second kappa shape index (κ2) is 5.85. The first kappa shape index (κ1) is 13.0. The standard InChI is InChI=1S/C11H15BrClNO/c1-3-14-7(2)11(15)8-4-5-10(13)9(12)6-8/h4-7,11,14-15H,3H2,1-2H3. The summed E-state index contributed by atoms with van der Waals surface area (Å²) in [6.07, 6.45) is -0.515. The van der Waals surface area contributed by atoms with Gasteiger partial charge in [-0.05, 0) is 47.1 Å². The number of benzene rings is 1. The molecule has 2 N–H and O–H groups in total. The molecular formula is C11H15BrClNO. The van der Waals surface area contributed by atoms with Crippen molar-refractivity contribution in [1.29, 1.82) is 0 Å². The van der Waals surface area contributed by atoms with Crippen molar-refractivity contribution < 1.29 is 5.11 Å². The highest BCUT2D eigenvalue weighted by molar-refractivity contribution is 9.10. The molecule has 4 heteroatoms. The number of aliphatic hydroxyl groups is 1. The lowest BCUT2D eigenvalue weighted by Gasteiger charge is -2.20. The molecule has 1 rings (SSSR count). The van der Waals surface area contributed by atoms with Crippen molar-refractivity contribution in [2.75, 3.05) is 6.54 Å². The molecule has 2 nitrogen and oxygen atoms in total. The van der Waals surface area contributed by atoms with Crippen LogP contribution in [-0.2, 0) is 0 Å². The molecule has 0 heterocycles. The normalized spacial score (nSPS) is 15.0. The fraction of sp³-hybridized carbons (Fsp3) is 0.455. The lowest BCUT2D eigenvalue weighted by Crippen LogP contribution is -2.31. The van der Waals surface area contributed by atoms with Crippen LogP contribution in [0.4, 0.5) is 0 Å². The summed E-state index contributed by atoms with van der Waals surface area (Å²) >= 11 is 9.22. The fourth-order valence-electron chi connectivity index (χ4n) is 1.42. The van der Waals surface area contributed by atoms with E-state index in [1.165, 1.54) is 0 Å². The topological polar surface area (TPSA) is 32.3 Å². The average molecular weight is 293 g/mol. The summed E-state index contributed by atoms with van der Waals surface area (Å²) in [6, 6.07) is 5.50. The smallest absolute Gasteiger partial charge is 0.0940 e. The summed E-state index contributed by atoms with van der Waals surface area (Å²) in [4.78, 5) is 0. The minimum absolute atomic E-state index is 0.0306. The van der Waals surface area contributed by atoms with E-state index in [4.69, 9.17) is 11.6 Å². The van der Waals surface area contributed by atoms with E-state index >= 15 is 0 Å². The highest BCUT2D eigenvalue weighted by Gasteiger charge is 2.15. The fourth-order valence-corrected chi connectivity index (χ4v) is 1.93. The number of hydrogen-bond acceptors (Lipinski definition) is 2. The highest BCUT2D eigenvalue weighted by Crippen LogP contribution is 2.27. The molecule has 0 fully saturated rings. The van der Waals surface area contributed by atoms with E-state index in [-0.39, 0.29) is 6.04 Å². The molecule has 84 valence electrons. The van der Waals surface area contributed by atoms with Gasteiger partial charge in [0, 0.05) is 10.5 Å². The first-order valence-corrected chi connectivity index (χ1v) is 6.09. The number of aliphatic hydroxyl groups excluding tert-OH is 1. The Labute approximate surface area is 104 Å². The molecule has 15 heavy (non-hydrogen) atoms. The summed E-state index contributed by atoms with van der Waals surface area (Å²) in [6.45, 7) is 4.81. The molecule has 0 aliphatic carbocycles. The lowest BCUT2D eigenvalue weighted by molar-refractivity contribution is 0.137. The average Bonchev–Trinajstić information content (AvgIpc) is 2.21. The minimum atomic E-state index is -0.515. The molecular weight excluding hydrogens is 277 g/mol. The van der Waals surface area contributed by atoms with Gasteiger partial charge in [-0.2, -0.15) is 0 Å². The van der Waals surface area contributed by atoms with Crippen LogP contribution < -0.4 is 5.32 Å². The van der Waals surface area contributed by atoms with Crippen LogP contribution in [0.3, 0.4) is 0 Å². The van der Waals surface area contributed by atoms with Gasteiger partial charge < -0.3 is 10.4 Å². The molecule has 0 aliphatic heterocycles. The van der Waals surface area contributed by atoms with Crippen LogP contribution >= 0.6 is 27.5 Å². The summed E-state index contributed by atoms with van der Waals surface area (Å²) < 4.78 is 0.810. The van der Waals surface area contributed by atoms with Crippen LogP contribution in [-0.4, -0.2) is 17.7 Å². The van der Waals surface area contributed by atoms with Crippen LogP contribution in [0.1, 0.15) is 25.5 Å². The Balaban J connectivity index is 2.81. The molecule has 1 aromatic carbocycles. The van der Waals surface area contributed by atoms with Crippen molar-refractivity contribution >= 4 is 27.5 Å². The summed E-state index contributed by atoms with van der Waals surface area (Å²) in [7, 11) is 0. The van der Waals surface area contributed by atoms with Crippen molar-refractivity contribution in [2.24, 2.45) is 0 Å². The summed E-state index contributed by atoms with van der Waals surface area (Å²) in [5, 5.41) is 13.8. The van der Waals surface area contributed by atoms with E-state index in [0.717, 1.165) is 16.6 Å². The van der Waals surface area contributed by atoms with Gasteiger partial charge in [0.1, 0.15) is 0 Å². The van der Waals surface area contributed by atoms with Gasteiger partial charge in [0.2, 0.25) is 0 Å². The third-order valence-electron chi connectivity index (χ3n) is 2.28. The number of rotatable bonds is 4. The quantitative estimate of drug-likeness (QED) is 0.893. The largest absolute Gasteiger partial charge is 0.387 e. The molecule has 0 radical (unpaired) electrons. The van der Waals surface area contributed by atoms with Gasteiger partial charge >= 0.3 is 0 Å². The number of hydrogen-bond donors (Lipinski definition) is 2. The molecule has 0 aromatic heterocycles. The van der Waals surface area contributed by atoms with Gasteiger partial charge in [0.25, 0.3) is 0 Å². The monoisotopic (exact) mass is 291 g/mol. The van der Waals surface area contributed by atoms with Crippen LogP contribution in [0.15, 0.2) is 22.7 Å². The van der Waals surface area contributed by atoms with Crippen molar-refractivity contribution in [1.82, 2.24) is 5.32 Å². The van der Waals surface area contributed by atoms with Gasteiger partial charge in [-0.1, -0.05) is 24.6 Å². The maximum atomic E-state index is 10.0. The maximum absolute atomic E-state index is 10.0. The van der Waals surface area contributed by atoms with Crippen molar-refractivity contribution in [3.63, 3.8) is 0 Å². The second-order valence-electron chi connectivity index (χ2n) is 3.46. The summed E-state index contributed by atoms with van der Waals surface area (Å²) in [5.74, 6) is 0. The summed E-state index contributed by atoms with van der Waals surface area (Å²) in [5.41, 5.74) is 0.861. The van der Waals surface area contributed by atoms with Crippen LogP contribution in [0.5, 0.6) is 0 Å². The third-order valence-corrected chi connectivity index (χ3v) is 3.50. The predicted molar refractivity (Wildman–Crippen MR) is 67.3 cm³/mol. The van der Waals surface area contributed by atoms with E-state index in [9.17, 15) is 5.11 Å². The van der Waals surface area contributed by atoms with Crippen molar-refractivity contribution in [3.05, 3.63) is 33.3 Å². The van der Waals surface area contributed by atoms with Crippen LogP contribution in [0.25, 0.3) is 0 Å². The SMILES string of the molecule is CCNC(C)C(O)c1ccc(Cl)c(Br)c1. The lowest BCUT2D eigenvalue weighted by atomic mass is 10.0. The highest BCUT2D eigenvalue weighted by atomic mass is 79.9. The molecule has 1 aromatic rings. The molecule has 2 unspecified atom stereocenters. The molecule has 0 amide bonds. The van der Waals surface area contributed by atoms with E-state index in [1.54, 1.807) is 6.07 Å². The van der Waals surface area contributed by atoms with E-state index in [2.05, 4.69) is 21.2 Å². The molecule has 0 aliphatic rings. The van der Waals surface area contributed by atoms with Gasteiger partial charge in [-0.3, -0.25) is 0 Å². The Hall–Kier alpha value is -0.0900. The predicted octanol–water partition coefficient (Wildman–Crippen LogP) is 3.13. The molecule has 0 saturated carbocycles. The van der Waals surface area contributed by atoms with Gasteiger partial charge in [-0.25, -0.2) is 0 Å². The zero-order valence-corrected chi connectivity index (χ0v) is 11.1. The Kier molecular flexibility index (Phi) is 5.06. The van der Waals surface area contributed by atoms with Crippen LogP contribution in [0.2, 0.25) is 5.02 Å². The second-order valence-corrected chi connectivity index (χ2v) is 4.73. The van der Waals surface area contributed by atoms with Crippen molar-refractivity contribution in [2.45, 2.75) is 26.0 Å². The van der Waals surface area contributed by atoms with Gasteiger partial charge in [-0.15, -0.1) is 0 Å². The van der Waals surface area contributed by atoms with Crippen molar-refractivity contribution in [3.8, 4) is 0 Å². The molecule has 0 spiro atoms. The number of nitrogens with one attached hydrogen (secondary N) is 1.